The Morgan fingerprint density at radius 3 is 2.19 bits per heavy atom. The van der Waals surface area contributed by atoms with E-state index >= 15 is 0 Å². The van der Waals surface area contributed by atoms with Crippen LogP contribution >= 0.6 is 0 Å². The SMILES string of the molecule is O=C1c2ccccc2C(=O)N1/N=C\c1c(OC(F)F)ccc2ccccc12. The number of carbonyl (C=O) groups is 2. The van der Waals surface area contributed by atoms with Crippen LogP contribution in [0.5, 0.6) is 5.75 Å². The van der Waals surface area contributed by atoms with Crippen molar-refractivity contribution in [3.05, 3.63) is 77.4 Å². The van der Waals surface area contributed by atoms with Gasteiger partial charge in [0.1, 0.15) is 5.75 Å². The molecule has 5 nitrogen and oxygen atoms in total. The van der Waals surface area contributed by atoms with Gasteiger partial charge in [-0.3, -0.25) is 9.59 Å². The van der Waals surface area contributed by atoms with Gasteiger partial charge in [0, 0.05) is 5.56 Å². The average Bonchev–Trinajstić information content (AvgIpc) is 2.91. The Morgan fingerprint density at radius 2 is 1.52 bits per heavy atom. The first-order chi connectivity index (χ1) is 13.1. The summed E-state index contributed by atoms with van der Waals surface area (Å²) in [5.74, 6) is -1.23. The third-order valence-electron chi connectivity index (χ3n) is 4.22. The van der Waals surface area contributed by atoms with E-state index in [2.05, 4.69) is 9.84 Å². The summed E-state index contributed by atoms with van der Waals surface area (Å²) in [5, 5.41) is 6.08. The minimum absolute atomic E-state index is 0.0935. The lowest BCUT2D eigenvalue weighted by atomic mass is 10.0. The van der Waals surface area contributed by atoms with Crippen molar-refractivity contribution in [1.29, 1.82) is 0 Å². The van der Waals surface area contributed by atoms with E-state index in [9.17, 15) is 18.4 Å². The molecule has 0 saturated heterocycles. The lowest BCUT2D eigenvalue weighted by molar-refractivity contribution is -0.0498. The smallest absolute Gasteiger partial charge is 0.387 e. The Hall–Kier alpha value is -3.61. The van der Waals surface area contributed by atoms with Gasteiger partial charge in [0.15, 0.2) is 0 Å². The number of hydrazone groups is 1. The molecule has 0 atom stereocenters. The fourth-order valence-electron chi connectivity index (χ4n) is 3.00. The van der Waals surface area contributed by atoms with Crippen molar-refractivity contribution in [3.63, 3.8) is 0 Å². The summed E-state index contributed by atoms with van der Waals surface area (Å²) in [6, 6.07) is 16.5. The van der Waals surface area contributed by atoms with Crippen LogP contribution in [0.3, 0.4) is 0 Å². The number of ether oxygens (including phenoxy) is 1. The fourth-order valence-corrected chi connectivity index (χ4v) is 3.00. The molecule has 1 heterocycles. The normalized spacial score (nSPS) is 13.8. The Morgan fingerprint density at radius 1 is 0.889 bits per heavy atom. The number of benzene rings is 3. The molecule has 3 aromatic rings. The van der Waals surface area contributed by atoms with E-state index in [4.69, 9.17) is 0 Å². The van der Waals surface area contributed by atoms with E-state index in [-0.39, 0.29) is 22.4 Å². The van der Waals surface area contributed by atoms with Gasteiger partial charge in [0.2, 0.25) is 0 Å². The van der Waals surface area contributed by atoms with Gasteiger partial charge in [-0.1, -0.05) is 42.5 Å². The quantitative estimate of drug-likeness (QED) is 0.517. The second kappa shape index (κ2) is 6.60. The summed E-state index contributed by atoms with van der Waals surface area (Å²) in [7, 11) is 0. The predicted molar refractivity (Wildman–Crippen MR) is 95.1 cm³/mol. The first-order valence-electron chi connectivity index (χ1n) is 8.04. The zero-order valence-corrected chi connectivity index (χ0v) is 13.8. The number of hydrogen-bond donors (Lipinski definition) is 0. The summed E-state index contributed by atoms with van der Waals surface area (Å²) in [6.45, 7) is -3.02. The second-order valence-corrected chi connectivity index (χ2v) is 5.79. The van der Waals surface area contributed by atoms with E-state index in [1.807, 2.05) is 0 Å². The molecule has 7 heteroatoms. The molecule has 4 rings (SSSR count). The number of nitrogens with zero attached hydrogens (tertiary/aromatic N) is 2. The maximum atomic E-state index is 12.8. The van der Waals surface area contributed by atoms with Crippen molar-refractivity contribution >= 4 is 28.8 Å². The van der Waals surface area contributed by atoms with Gasteiger partial charge in [-0.05, 0) is 29.0 Å². The lowest BCUT2D eigenvalue weighted by Crippen LogP contribution is -2.24. The van der Waals surface area contributed by atoms with Gasteiger partial charge in [-0.25, -0.2) is 0 Å². The predicted octanol–water partition coefficient (Wildman–Crippen LogP) is 4.07. The zero-order valence-electron chi connectivity index (χ0n) is 13.8. The molecule has 27 heavy (non-hydrogen) atoms. The maximum Gasteiger partial charge on any atom is 0.387 e. The van der Waals surface area contributed by atoms with E-state index in [0.29, 0.717) is 5.39 Å². The molecule has 1 aliphatic rings. The van der Waals surface area contributed by atoms with Crippen molar-refractivity contribution in [1.82, 2.24) is 5.01 Å². The van der Waals surface area contributed by atoms with Crippen LogP contribution in [0.1, 0.15) is 26.3 Å². The van der Waals surface area contributed by atoms with Crippen molar-refractivity contribution < 1.29 is 23.1 Å². The molecular weight excluding hydrogens is 354 g/mol. The number of imide groups is 1. The monoisotopic (exact) mass is 366 g/mol. The number of halogens is 2. The van der Waals surface area contributed by atoms with Gasteiger partial charge in [0.05, 0.1) is 17.3 Å². The van der Waals surface area contributed by atoms with E-state index in [0.717, 1.165) is 10.4 Å². The molecule has 0 bridgehead atoms. The Balaban J connectivity index is 1.77. The van der Waals surface area contributed by atoms with Gasteiger partial charge in [0.25, 0.3) is 11.8 Å². The fraction of sp³-hybridized carbons (Fsp3) is 0.0500. The molecule has 0 N–H and O–H groups in total. The summed E-state index contributed by atoms with van der Waals surface area (Å²) in [4.78, 5) is 24.8. The molecule has 3 aromatic carbocycles. The molecule has 0 fully saturated rings. The summed E-state index contributed by atoms with van der Waals surface area (Å²) < 4.78 is 30.1. The Labute approximate surface area is 152 Å². The van der Waals surface area contributed by atoms with Crippen LogP contribution in [-0.4, -0.2) is 29.6 Å². The molecule has 0 aromatic heterocycles. The Kier molecular flexibility index (Phi) is 4.12. The number of hydrogen-bond acceptors (Lipinski definition) is 4. The van der Waals surface area contributed by atoms with Crippen molar-refractivity contribution in [2.45, 2.75) is 6.61 Å². The van der Waals surface area contributed by atoms with Crippen LogP contribution in [-0.2, 0) is 0 Å². The van der Waals surface area contributed by atoms with Crippen LogP contribution in [0.15, 0.2) is 65.8 Å². The lowest BCUT2D eigenvalue weighted by Gasteiger charge is -2.12. The van der Waals surface area contributed by atoms with Gasteiger partial charge in [-0.15, -0.1) is 0 Å². The maximum absolute atomic E-state index is 12.8. The van der Waals surface area contributed by atoms with Crippen LogP contribution in [0.2, 0.25) is 0 Å². The first kappa shape index (κ1) is 16.8. The number of fused-ring (bicyclic) bond motifs is 2. The van der Waals surface area contributed by atoms with Gasteiger partial charge < -0.3 is 4.74 Å². The van der Waals surface area contributed by atoms with Crippen molar-refractivity contribution in [2.24, 2.45) is 5.10 Å². The third kappa shape index (κ3) is 2.93. The molecule has 0 radical (unpaired) electrons. The summed E-state index contributed by atoms with van der Waals surface area (Å²) in [5.41, 5.74) is 0.758. The summed E-state index contributed by atoms with van der Waals surface area (Å²) in [6.07, 6.45) is 1.20. The van der Waals surface area contributed by atoms with Crippen LogP contribution in [0.25, 0.3) is 10.8 Å². The topological polar surface area (TPSA) is 59.0 Å². The molecule has 0 spiro atoms. The average molecular weight is 366 g/mol. The van der Waals surface area contributed by atoms with E-state index in [1.54, 1.807) is 42.5 Å². The Bertz CT molecular complexity index is 1060. The van der Waals surface area contributed by atoms with E-state index < -0.39 is 18.4 Å². The highest BCUT2D eigenvalue weighted by Crippen LogP contribution is 2.29. The number of amides is 2. The molecule has 0 saturated carbocycles. The molecule has 0 unspecified atom stereocenters. The molecule has 2 amide bonds. The minimum Gasteiger partial charge on any atom is -0.434 e. The van der Waals surface area contributed by atoms with Crippen molar-refractivity contribution in [2.75, 3.05) is 0 Å². The van der Waals surface area contributed by atoms with Crippen molar-refractivity contribution in [3.8, 4) is 5.75 Å². The highest BCUT2D eigenvalue weighted by Gasteiger charge is 2.35. The van der Waals surface area contributed by atoms with Crippen LogP contribution < -0.4 is 4.74 Å². The van der Waals surface area contributed by atoms with Crippen LogP contribution in [0, 0.1) is 0 Å². The van der Waals surface area contributed by atoms with Gasteiger partial charge >= 0.3 is 6.61 Å². The molecule has 1 aliphatic heterocycles. The zero-order chi connectivity index (χ0) is 19.0. The second-order valence-electron chi connectivity index (χ2n) is 5.79. The number of carbonyl (C=O) groups excluding carboxylic acids is 2. The molecular formula is C20H12F2N2O3. The first-order valence-corrected chi connectivity index (χ1v) is 8.04. The largest absolute Gasteiger partial charge is 0.434 e. The van der Waals surface area contributed by atoms with Crippen LogP contribution in [0.4, 0.5) is 8.78 Å². The molecule has 0 aliphatic carbocycles. The number of alkyl halides is 2. The summed E-state index contributed by atoms with van der Waals surface area (Å²) >= 11 is 0. The van der Waals surface area contributed by atoms with Gasteiger partial charge in [-0.2, -0.15) is 18.9 Å². The van der Waals surface area contributed by atoms with E-state index in [1.165, 1.54) is 24.4 Å². The highest BCUT2D eigenvalue weighted by molar-refractivity contribution is 6.21. The third-order valence-corrected chi connectivity index (χ3v) is 4.22. The number of rotatable bonds is 4. The molecule has 134 valence electrons. The minimum atomic E-state index is -3.02. The highest BCUT2D eigenvalue weighted by atomic mass is 19.3. The standard InChI is InChI=1S/C20H12F2N2O3/c21-20(22)27-17-10-9-12-5-1-2-6-13(12)16(17)11-23-24-18(25)14-7-3-4-8-15(14)19(24)26/h1-11,20H/b23-11-.